The van der Waals surface area contributed by atoms with Crippen molar-refractivity contribution in [1.82, 2.24) is 9.62 Å². The van der Waals surface area contributed by atoms with Crippen molar-refractivity contribution in [3.05, 3.63) is 59.7 Å². The minimum absolute atomic E-state index is 0.114. The predicted octanol–water partition coefficient (Wildman–Crippen LogP) is 3.65. The molecule has 2 aromatic rings. The lowest BCUT2D eigenvalue weighted by atomic mass is 9.97. The Balaban J connectivity index is 1.53. The van der Waals surface area contributed by atoms with E-state index in [1.54, 1.807) is 0 Å². The SMILES string of the molecule is Cc1cccc(CCNC(=O)C2CCN(S(=O)(=O)c3cccc(OC(F)(F)F)c3)CC2)c1. The minimum atomic E-state index is -4.91. The van der Waals surface area contributed by atoms with E-state index >= 15 is 0 Å². The first-order chi connectivity index (χ1) is 15.0. The Morgan fingerprint density at radius 2 is 1.81 bits per heavy atom. The van der Waals surface area contributed by atoms with Gasteiger partial charge in [0.25, 0.3) is 0 Å². The third kappa shape index (κ3) is 6.46. The Labute approximate surface area is 185 Å². The van der Waals surface area contributed by atoms with Crippen LogP contribution < -0.4 is 10.1 Å². The van der Waals surface area contributed by atoms with Crippen molar-refractivity contribution in [2.45, 2.75) is 37.4 Å². The standard InChI is InChI=1S/C22H25F3N2O4S/c1-16-4-2-5-17(14-16)8-11-26-21(28)18-9-12-27(13-10-18)32(29,30)20-7-3-6-19(15-20)31-22(23,24)25/h2-7,14-15,18H,8-13H2,1H3,(H,26,28). The van der Waals surface area contributed by atoms with Crippen LogP contribution in [0.4, 0.5) is 13.2 Å². The van der Waals surface area contributed by atoms with Crippen molar-refractivity contribution in [1.29, 1.82) is 0 Å². The average molecular weight is 471 g/mol. The van der Waals surface area contributed by atoms with Crippen LogP contribution in [0.25, 0.3) is 0 Å². The summed E-state index contributed by atoms with van der Waals surface area (Å²) in [5.41, 5.74) is 2.28. The number of amides is 1. The number of carbonyl (C=O) groups is 1. The summed E-state index contributed by atoms with van der Waals surface area (Å²) in [5.74, 6) is -1.02. The number of nitrogens with zero attached hydrogens (tertiary/aromatic N) is 1. The molecule has 174 valence electrons. The molecule has 3 rings (SSSR count). The molecular formula is C22H25F3N2O4S. The van der Waals surface area contributed by atoms with E-state index in [2.05, 4.69) is 16.1 Å². The van der Waals surface area contributed by atoms with Gasteiger partial charge in [0.05, 0.1) is 4.90 Å². The van der Waals surface area contributed by atoms with Crippen LogP contribution in [0.2, 0.25) is 0 Å². The molecule has 1 aliphatic rings. The van der Waals surface area contributed by atoms with Gasteiger partial charge in [0, 0.05) is 31.6 Å². The van der Waals surface area contributed by atoms with E-state index in [-0.39, 0.29) is 29.8 Å². The fourth-order valence-corrected chi connectivity index (χ4v) is 5.19. The van der Waals surface area contributed by atoms with Gasteiger partial charge in [-0.15, -0.1) is 13.2 Å². The molecular weight excluding hydrogens is 445 g/mol. The number of halogens is 3. The van der Waals surface area contributed by atoms with E-state index in [0.29, 0.717) is 25.8 Å². The summed E-state index contributed by atoms with van der Waals surface area (Å²) in [6, 6.07) is 12.3. The van der Waals surface area contributed by atoms with Crippen molar-refractivity contribution >= 4 is 15.9 Å². The zero-order valence-corrected chi connectivity index (χ0v) is 18.4. The monoisotopic (exact) mass is 470 g/mol. The summed E-state index contributed by atoms with van der Waals surface area (Å²) in [6.07, 6.45) is -3.52. The maximum absolute atomic E-state index is 12.8. The van der Waals surface area contributed by atoms with Crippen LogP contribution in [0.3, 0.4) is 0 Å². The lowest BCUT2D eigenvalue weighted by molar-refractivity contribution is -0.274. The average Bonchev–Trinajstić information content (AvgIpc) is 2.73. The lowest BCUT2D eigenvalue weighted by Crippen LogP contribution is -2.43. The zero-order valence-electron chi connectivity index (χ0n) is 17.6. The van der Waals surface area contributed by atoms with Gasteiger partial charge < -0.3 is 10.1 Å². The number of piperidine rings is 1. The number of carbonyl (C=O) groups excluding carboxylic acids is 1. The van der Waals surface area contributed by atoms with Crippen LogP contribution in [0, 0.1) is 12.8 Å². The molecule has 0 spiro atoms. The second-order valence-corrected chi connectivity index (χ2v) is 9.67. The largest absolute Gasteiger partial charge is 0.573 e. The van der Waals surface area contributed by atoms with Gasteiger partial charge in [-0.05, 0) is 43.9 Å². The van der Waals surface area contributed by atoms with E-state index in [4.69, 9.17) is 0 Å². The number of aryl methyl sites for hydroxylation is 1. The summed E-state index contributed by atoms with van der Waals surface area (Å²) in [6.45, 7) is 2.72. The summed E-state index contributed by atoms with van der Waals surface area (Å²) >= 11 is 0. The number of ether oxygens (including phenoxy) is 1. The fourth-order valence-electron chi connectivity index (χ4n) is 3.68. The molecule has 0 aromatic heterocycles. The van der Waals surface area contributed by atoms with Crippen LogP contribution >= 0.6 is 0 Å². The number of nitrogens with one attached hydrogen (secondary N) is 1. The first kappa shape index (κ1) is 24.1. The predicted molar refractivity (Wildman–Crippen MR) is 113 cm³/mol. The van der Waals surface area contributed by atoms with E-state index < -0.39 is 22.1 Å². The molecule has 10 heteroatoms. The molecule has 6 nitrogen and oxygen atoms in total. The summed E-state index contributed by atoms with van der Waals surface area (Å²) in [7, 11) is -3.99. The normalized spacial score (nSPS) is 16.0. The third-order valence-electron chi connectivity index (χ3n) is 5.30. The van der Waals surface area contributed by atoms with E-state index in [0.717, 1.165) is 23.3 Å². The van der Waals surface area contributed by atoms with Crippen LogP contribution in [0.1, 0.15) is 24.0 Å². The van der Waals surface area contributed by atoms with Crippen molar-refractivity contribution < 1.29 is 31.1 Å². The zero-order chi connectivity index (χ0) is 23.4. The van der Waals surface area contributed by atoms with Gasteiger partial charge in [-0.1, -0.05) is 35.9 Å². The number of hydrogen-bond donors (Lipinski definition) is 1. The molecule has 0 unspecified atom stereocenters. The Morgan fingerprint density at radius 1 is 1.12 bits per heavy atom. The van der Waals surface area contributed by atoms with Gasteiger partial charge in [-0.3, -0.25) is 4.79 Å². The molecule has 0 saturated carbocycles. The molecule has 1 amide bonds. The number of benzene rings is 2. The van der Waals surface area contributed by atoms with Gasteiger partial charge in [-0.2, -0.15) is 4.31 Å². The highest BCUT2D eigenvalue weighted by molar-refractivity contribution is 7.89. The Kier molecular flexibility index (Phi) is 7.45. The van der Waals surface area contributed by atoms with Gasteiger partial charge in [-0.25, -0.2) is 8.42 Å². The maximum Gasteiger partial charge on any atom is 0.573 e. The minimum Gasteiger partial charge on any atom is -0.406 e. The highest BCUT2D eigenvalue weighted by Gasteiger charge is 2.34. The van der Waals surface area contributed by atoms with E-state index in [1.807, 2.05) is 25.1 Å². The van der Waals surface area contributed by atoms with Gasteiger partial charge in [0.1, 0.15) is 5.75 Å². The maximum atomic E-state index is 12.8. The second-order valence-electron chi connectivity index (χ2n) is 7.73. The molecule has 1 saturated heterocycles. The van der Waals surface area contributed by atoms with Gasteiger partial charge in [0.2, 0.25) is 15.9 Å². The molecule has 1 N–H and O–H groups in total. The Bertz CT molecular complexity index is 1050. The van der Waals surface area contributed by atoms with Crippen LogP contribution in [0.5, 0.6) is 5.75 Å². The van der Waals surface area contributed by atoms with Crippen LogP contribution in [-0.4, -0.2) is 44.6 Å². The smallest absolute Gasteiger partial charge is 0.406 e. The quantitative estimate of drug-likeness (QED) is 0.670. The van der Waals surface area contributed by atoms with Crippen molar-refractivity contribution in [3.8, 4) is 5.75 Å². The second kappa shape index (κ2) is 9.91. The third-order valence-corrected chi connectivity index (χ3v) is 7.19. The first-order valence-electron chi connectivity index (χ1n) is 10.2. The van der Waals surface area contributed by atoms with Gasteiger partial charge >= 0.3 is 6.36 Å². The molecule has 1 aliphatic heterocycles. The van der Waals surface area contributed by atoms with E-state index in [1.165, 1.54) is 16.4 Å². The first-order valence-corrected chi connectivity index (χ1v) is 11.7. The fraction of sp³-hybridized carbons (Fsp3) is 0.409. The van der Waals surface area contributed by atoms with Crippen LogP contribution in [0.15, 0.2) is 53.4 Å². The highest BCUT2D eigenvalue weighted by Crippen LogP contribution is 2.28. The molecule has 32 heavy (non-hydrogen) atoms. The van der Waals surface area contributed by atoms with Crippen molar-refractivity contribution in [2.75, 3.05) is 19.6 Å². The van der Waals surface area contributed by atoms with E-state index in [9.17, 15) is 26.4 Å². The molecule has 0 bridgehead atoms. The topological polar surface area (TPSA) is 75.7 Å². The number of sulfonamides is 1. The van der Waals surface area contributed by atoms with Gasteiger partial charge in [0.15, 0.2) is 0 Å². The molecule has 1 heterocycles. The highest BCUT2D eigenvalue weighted by atomic mass is 32.2. The Hall–Kier alpha value is -2.59. The number of rotatable bonds is 7. The summed E-state index contributed by atoms with van der Waals surface area (Å²) < 4.78 is 67.9. The summed E-state index contributed by atoms with van der Waals surface area (Å²) in [5, 5.41) is 2.90. The summed E-state index contributed by atoms with van der Waals surface area (Å²) in [4.78, 5) is 12.2. The lowest BCUT2D eigenvalue weighted by Gasteiger charge is -2.30. The molecule has 0 aliphatic carbocycles. The van der Waals surface area contributed by atoms with Crippen molar-refractivity contribution in [2.24, 2.45) is 5.92 Å². The molecule has 2 aromatic carbocycles. The van der Waals surface area contributed by atoms with Crippen molar-refractivity contribution in [3.63, 3.8) is 0 Å². The van der Waals surface area contributed by atoms with Crippen LogP contribution in [-0.2, 0) is 21.2 Å². The number of hydrogen-bond acceptors (Lipinski definition) is 4. The Morgan fingerprint density at radius 3 is 2.47 bits per heavy atom. The molecule has 0 atom stereocenters. The number of alkyl halides is 3. The molecule has 0 radical (unpaired) electrons. The molecule has 1 fully saturated rings.